The van der Waals surface area contributed by atoms with Crippen molar-refractivity contribution < 1.29 is 14.2 Å². The number of nitrogens with one attached hydrogen (secondary N) is 1. The maximum Gasteiger partial charge on any atom is 0.118 e. The van der Waals surface area contributed by atoms with Gasteiger partial charge in [0, 0.05) is 19.8 Å². The molecule has 1 aliphatic heterocycles. The standard InChI is InChI=1S/C17H27NO3/c1-3-18-17(15-4-6-16(19-2)7-5-15)13-21-12-14-8-10-20-11-9-14/h4-7,14,17-18H,3,8-13H2,1-2H3. The molecule has 2 rings (SSSR count). The average Bonchev–Trinajstić information content (AvgIpc) is 2.55. The van der Waals surface area contributed by atoms with E-state index in [1.807, 2.05) is 12.1 Å². The molecule has 4 nitrogen and oxygen atoms in total. The summed E-state index contributed by atoms with van der Waals surface area (Å²) < 4.78 is 16.5. The fraction of sp³-hybridized carbons (Fsp3) is 0.647. The van der Waals surface area contributed by atoms with E-state index < -0.39 is 0 Å². The molecule has 0 saturated carbocycles. The van der Waals surface area contributed by atoms with Gasteiger partial charge in [-0.05, 0) is 43.0 Å². The van der Waals surface area contributed by atoms with Gasteiger partial charge >= 0.3 is 0 Å². The first-order chi connectivity index (χ1) is 10.3. The van der Waals surface area contributed by atoms with Crippen LogP contribution >= 0.6 is 0 Å². The summed E-state index contributed by atoms with van der Waals surface area (Å²) in [6.07, 6.45) is 2.24. The van der Waals surface area contributed by atoms with Gasteiger partial charge in [-0.1, -0.05) is 19.1 Å². The highest BCUT2D eigenvalue weighted by Gasteiger charge is 2.16. The normalized spacial score (nSPS) is 17.6. The molecule has 1 fully saturated rings. The van der Waals surface area contributed by atoms with Crippen LogP contribution in [0.4, 0.5) is 0 Å². The molecule has 0 aliphatic carbocycles. The molecule has 1 saturated heterocycles. The summed E-state index contributed by atoms with van der Waals surface area (Å²) in [6.45, 7) is 6.34. The SMILES string of the molecule is CCNC(COCC1CCOCC1)c1ccc(OC)cc1. The highest BCUT2D eigenvalue weighted by molar-refractivity contribution is 5.29. The second-order valence-electron chi connectivity index (χ2n) is 5.48. The van der Waals surface area contributed by atoms with E-state index in [0.29, 0.717) is 12.5 Å². The van der Waals surface area contributed by atoms with E-state index in [9.17, 15) is 0 Å². The molecule has 21 heavy (non-hydrogen) atoms. The van der Waals surface area contributed by atoms with Gasteiger partial charge in [0.1, 0.15) is 5.75 Å². The van der Waals surface area contributed by atoms with E-state index >= 15 is 0 Å². The first kappa shape index (κ1) is 16.3. The number of hydrogen-bond donors (Lipinski definition) is 1. The molecule has 0 bridgehead atoms. The van der Waals surface area contributed by atoms with Gasteiger partial charge in [-0.15, -0.1) is 0 Å². The topological polar surface area (TPSA) is 39.7 Å². The van der Waals surface area contributed by atoms with Gasteiger partial charge in [0.15, 0.2) is 0 Å². The van der Waals surface area contributed by atoms with Crippen LogP contribution < -0.4 is 10.1 Å². The van der Waals surface area contributed by atoms with Crippen LogP contribution in [0.15, 0.2) is 24.3 Å². The van der Waals surface area contributed by atoms with Crippen LogP contribution in [-0.2, 0) is 9.47 Å². The minimum atomic E-state index is 0.237. The minimum Gasteiger partial charge on any atom is -0.497 e. The molecule has 1 atom stereocenters. The van der Waals surface area contributed by atoms with Crippen molar-refractivity contribution in [2.24, 2.45) is 5.92 Å². The van der Waals surface area contributed by atoms with Gasteiger partial charge in [0.05, 0.1) is 19.8 Å². The van der Waals surface area contributed by atoms with Crippen molar-refractivity contribution in [1.82, 2.24) is 5.32 Å². The zero-order valence-corrected chi connectivity index (χ0v) is 13.1. The van der Waals surface area contributed by atoms with Crippen molar-refractivity contribution in [2.45, 2.75) is 25.8 Å². The molecule has 0 amide bonds. The lowest BCUT2D eigenvalue weighted by atomic mass is 10.0. The smallest absolute Gasteiger partial charge is 0.118 e. The molecule has 0 aromatic heterocycles. The third kappa shape index (κ3) is 5.30. The fourth-order valence-electron chi connectivity index (χ4n) is 2.62. The van der Waals surface area contributed by atoms with Crippen molar-refractivity contribution >= 4 is 0 Å². The van der Waals surface area contributed by atoms with Crippen LogP contribution in [0.2, 0.25) is 0 Å². The molecule has 0 radical (unpaired) electrons. The van der Waals surface area contributed by atoms with Crippen molar-refractivity contribution in [2.75, 3.05) is 40.1 Å². The van der Waals surface area contributed by atoms with Crippen LogP contribution in [0.5, 0.6) is 5.75 Å². The molecular weight excluding hydrogens is 266 g/mol. The number of likely N-dealkylation sites (N-methyl/N-ethyl adjacent to an activating group) is 1. The zero-order valence-electron chi connectivity index (χ0n) is 13.1. The van der Waals surface area contributed by atoms with E-state index in [0.717, 1.165) is 45.0 Å². The second kappa shape index (κ2) is 9.03. The lowest BCUT2D eigenvalue weighted by Gasteiger charge is -2.24. The van der Waals surface area contributed by atoms with Gasteiger partial charge in [0.2, 0.25) is 0 Å². The van der Waals surface area contributed by atoms with E-state index in [-0.39, 0.29) is 6.04 Å². The average molecular weight is 293 g/mol. The third-order valence-electron chi connectivity index (χ3n) is 3.95. The van der Waals surface area contributed by atoms with Gasteiger partial charge in [-0.3, -0.25) is 0 Å². The zero-order chi connectivity index (χ0) is 14.9. The molecule has 1 unspecified atom stereocenters. The Hall–Kier alpha value is -1.10. The molecule has 1 aliphatic rings. The summed E-state index contributed by atoms with van der Waals surface area (Å²) in [5.41, 5.74) is 1.24. The van der Waals surface area contributed by atoms with Gasteiger partial charge in [0.25, 0.3) is 0 Å². The van der Waals surface area contributed by atoms with Crippen molar-refractivity contribution in [3.8, 4) is 5.75 Å². The van der Waals surface area contributed by atoms with E-state index in [1.165, 1.54) is 5.56 Å². The lowest BCUT2D eigenvalue weighted by molar-refractivity contribution is 0.0152. The highest BCUT2D eigenvalue weighted by atomic mass is 16.5. The Morgan fingerprint density at radius 1 is 1.24 bits per heavy atom. The number of hydrogen-bond acceptors (Lipinski definition) is 4. The lowest BCUT2D eigenvalue weighted by Crippen LogP contribution is -2.27. The molecule has 118 valence electrons. The van der Waals surface area contributed by atoms with E-state index in [4.69, 9.17) is 14.2 Å². The van der Waals surface area contributed by atoms with Crippen molar-refractivity contribution in [1.29, 1.82) is 0 Å². The molecule has 1 aromatic carbocycles. The second-order valence-corrected chi connectivity index (χ2v) is 5.48. The molecule has 1 aromatic rings. The number of methoxy groups -OCH3 is 1. The maximum absolute atomic E-state index is 5.95. The Labute approximate surface area is 127 Å². The summed E-state index contributed by atoms with van der Waals surface area (Å²) in [4.78, 5) is 0. The summed E-state index contributed by atoms with van der Waals surface area (Å²) in [5, 5.41) is 3.48. The summed E-state index contributed by atoms with van der Waals surface area (Å²) in [5.74, 6) is 1.54. The van der Waals surface area contributed by atoms with Gasteiger partial charge in [-0.2, -0.15) is 0 Å². The predicted octanol–water partition coefficient (Wildman–Crippen LogP) is 2.79. The van der Waals surface area contributed by atoms with E-state index in [1.54, 1.807) is 7.11 Å². The van der Waals surface area contributed by atoms with Crippen LogP contribution in [-0.4, -0.2) is 40.1 Å². The summed E-state index contributed by atoms with van der Waals surface area (Å²) in [7, 11) is 1.69. The number of benzene rings is 1. The molecule has 1 heterocycles. The largest absolute Gasteiger partial charge is 0.497 e. The van der Waals surface area contributed by atoms with Crippen molar-refractivity contribution in [3.63, 3.8) is 0 Å². The number of rotatable bonds is 8. The van der Waals surface area contributed by atoms with Crippen LogP contribution in [0.3, 0.4) is 0 Å². The Balaban J connectivity index is 1.82. The Morgan fingerprint density at radius 2 is 1.95 bits per heavy atom. The summed E-state index contributed by atoms with van der Waals surface area (Å²) >= 11 is 0. The Bertz CT molecular complexity index is 388. The molecular formula is C17H27NO3. The summed E-state index contributed by atoms with van der Waals surface area (Å²) in [6, 6.07) is 8.44. The first-order valence-corrected chi connectivity index (χ1v) is 7.86. The fourth-order valence-corrected chi connectivity index (χ4v) is 2.62. The Kier molecular flexibility index (Phi) is 7.00. The first-order valence-electron chi connectivity index (χ1n) is 7.86. The molecule has 1 N–H and O–H groups in total. The Morgan fingerprint density at radius 3 is 2.57 bits per heavy atom. The highest BCUT2D eigenvalue weighted by Crippen LogP contribution is 2.19. The third-order valence-corrected chi connectivity index (χ3v) is 3.95. The predicted molar refractivity (Wildman–Crippen MR) is 83.8 cm³/mol. The van der Waals surface area contributed by atoms with Crippen molar-refractivity contribution in [3.05, 3.63) is 29.8 Å². The quantitative estimate of drug-likeness (QED) is 0.800. The number of ether oxygens (including phenoxy) is 3. The monoisotopic (exact) mass is 293 g/mol. The molecule has 0 spiro atoms. The van der Waals surface area contributed by atoms with E-state index in [2.05, 4.69) is 24.4 Å². The van der Waals surface area contributed by atoms with Crippen LogP contribution in [0.25, 0.3) is 0 Å². The van der Waals surface area contributed by atoms with Crippen LogP contribution in [0, 0.1) is 5.92 Å². The van der Waals surface area contributed by atoms with Gasteiger partial charge in [-0.25, -0.2) is 0 Å². The minimum absolute atomic E-state index is 0.237. The maximum atomic E-state index is 5.95. The van der Waals surface area contributed by atoms with Gasteiger partial charge < -0.3 is 19.5 Å². The van der Waals surface area contributed by atoms with Crippen LogP contribution in [0.1, 0.15) is 31.4 Å². The molecule has 4 heteroatoms.